The predicted molar refractivity (Wildman–Crippen MR) is 118 cm³/mol. The lowest BCUT2D eigenvalue weighted by atomic mass is 9.77. The van der Waals surface area contributed by atoms with Crippen molar-refractivity contribution in [1.29, 1.82) is 0 Å². The lowest BCUT2D eigenvalue weighted by Gasteiger charge is -2.28. The van der Waals surface area contributed by atoms with Gasteiger partial charge in [0.1, 0.15) is 5.82 Å². The summed E-state index contributed by atoms with van der Waals surface area (Å²) in [5.74, 6) is 1.20. The zero-order valence-corrected chi connectivity index (χ0v) is 17.8. The SMILES string of the molecule is CCC1CCC(c2ccc3c(F)c(CCc4ccc(C(F)(F)F)cc4)ccc3c2)CC1. The Labute approximate surface area is 181 Å². The van der Waals surface area contributed by atoms with E-state index in [4.69, 9.17) is 0 Å². The van der Waals surface area contributed by atoms with Gasteiger partial charge in [0.05, 0.1) is 5.56 Å². The summed E-state index contributed by atoms with van der Waals surface area (Å²) in [6.45, 7) is 2.26. The molecule has 31 heavy (non-hydrogen) atoms. The molecule has 0 radical (unpaired) electrons. The lowest BCUT2D eigenvalue weighted by molar-refractivity contribution is -0.137. The molecule has 0 nitrogen and oxygen atoms in total. The first-order valence-electron chi connectivity index (χ1n) is 11.2. The number of aryl methyl sites for hydroxylation is 2. The Hall–Kier alpha value is -2.36. The van der Waals surface area contributed by atoms with Crippen molar-refractivity contribution in [1.82, 2.24) is 0 Å². The van der Waals surface area contributed by atoms with Crippen LogP contribution in [0.3, 0.4) is 0 Å². The topological polar surface area (TPSA) is 0 Å². The highest BCUT2D eigenvalue weighted by Crippen LogP contribution is 2.38. The summed E-state index contributed by atoms with van der Waals surface area (Å²) in [5.41, 5.74) is 2.01. The molecule has 0 aliphatic heterocycles. The molecule has 0 N–H and O–H groups in total. The van der Waals surface area contributed by atoms with Gasteiger partial charge in [-0.05, 0) is 84.6 Å². The van der Waals surface area contributed by atoms with Crippen LogP contribution in [-0.2, 0) is 19.0 Å². The highest BCUT2D eigenvalue weighted by molar-refractivity contribution is 5.84. The van der Waals surface area contributed by atoms with E-state index in [0.717, 1.165) is 29.0 Å². The quantitative estimate of drug-likeness (QED) is 0.358. The van der Waals surface area contributed by atoms with Gasteiger partial charge < -0.3 is 0 Å². The maximum absolute atomic E-state index is 15.1. The van der Waals surface area contributed by atoms with E-state index in [1.807, 2.05) is 18.2 Å². The molecule has 1 aliphatic rings. The first-order chi connectivity index (χ1) is 14.8. The fourth-order valence-corrected chi connectivity index (χ4v) is 4.85. The molecule has 3 aromatic rings. The van der Waals surface area contributed by atoms with Crippen LogP contribution in [0.4, 0.5) is 17.6 Å². The van der Waals surface area contributed by atoms with Crippen LogP contribution in [0.5, 0.6) is 0 Å². The highest BCUT2D eigenvalue weighted by Gasteiger charge is 2.29. The molecule has 0 spiro atoms. The lowest BCUT2D eigenvalue weighted by Crippen LogP contribution is -2.12. The third-order valence-electron chi connectivity index (χ3n) is 6.92. The Morgan fingerprint density at radius 2 is 1.55 bits per heavy atom. The average molecular weight is 429 g/mol. The number of benzene rings is 3. The van der Waals surface area contributed by atoms with Gasteiger partial charge in [0.25, 0.3) is 0 Å². The highest BCUT2D eigenvalue weighted by atomic mass is 19.4. The molecule has 0 bridgehead atoms. The number of halogens is 4. The van der Waals surface area contributed by atoms with Gasteiger partial charge in [-0.15, -0.1) is 0 Å². The fraction of sp³-hybridized carbons (Fsp3) is 0.407. The first kappa shape index (κ1) is 21.9. The van der Waals surface area contributed by atoms with Gasteiger partial charge in [0.2, 0.25) is 0 Å². The Bertz CT molecular complexity index is 1030. The number of fused-ring (bicyclic) bond motifs is 1. The number of hydrogen-bond donors (Lipinski definition) is 0. The smallest absolute Gasteiger partial charge is 0.206 e. The van der Waals surface area contributed by atoms with E-state index < -0.39 is 11.7 Å². The van der Waals surface area contributed by atoms with Crippen molar-refractivity contribution in [3.05, 3.63) is 82.7 Å². The van der Waals surface area contributed by atoms with Crippen LogP contribution < -0.4 is 0 Å². The number of alkyl halides is 3. The van der Waals surface area contributed by atoms with E-state index >= 15 is 4.39 Å². The molecular formula is C27H28F4. The van der Waals surface area contributed by atoms with Crippen molar-refractivity contribution in [2.75, 3.05) is 0 Å². The maximum Gasteiger partial charge on any atom is 0.416 e. The van der Waals surface area contributed by atoms with Crippen molar-refractivity contribution < 1.29 is 17.6 Å². The molecule has 4 rings (SSSR count). The van der Waals surface area contributed by atoms with Gasteiger partial charge in [-0.1, -0.05) is 55.8 Å². The molecule has 0 saturated heterocycles. The van der Waals surface area contributed by atoms with Crippen LogP contribution in [0.25, 0.3) is 10.8 Å². The standard InChI is InChI=1S/C27H28F4/c1-2-18-3-8-20(9-4-18)22-13-16-25-23(17-22)12-11-21(26(25)28)10-5-19-6-14-24(15-7-19)27(29,30)31/h6-7,11-18,20H,2-5,8-10H2,1H3. The van der Waals surface area contributed by atoms with Crippen molar-refractivity contribution in [3.8, 4) is 0 Å². The minimum atomic E-state index is -4.34. The van der Waals surface area contributed by atoms with E-state index in [2.05, 4.69) is 19.1 Å². The Morgan fingerprint density at radius 3 is 2.19 bits per heavy atom. The second kappa shape index (κ2) is 9.02. The summed E-state index contributed by atoms with van der Waals surface area (Å²) < 4.78 is 53.2. The van der Waals surface area contributed by atoms with E-state index in [9.17, 15) is 13.2 Å². The summed E-state index contributed by atoms with van der Waals surface area (Å²) >= 11 is 0. The summed E-state index contributed by atoms with van der Waals surface area (Å²) in [5, 5.41) is 1.54. The summed E-state index contributed by atoms with van der Waals surface area (Å²) in [4.78, 5) is 0. The van der Waals surface area contributed by atoms with Gasteiger partial charge in [-0.2, -0.15) is 13.2 Å². The van der Waals surface area contributed by atoms with Crippen molar-refractivity contribution in [2.24, 2.45) is 5.92 Å². The third kappa shape index (κ3) is 4.94. The minimum Gasteiger partial charge on any atom is -0.206 e. The van der Waals surface area contributed by atoms with Gasteiger partial charge in [-0.25, -0.2) is 4.39 Å². The molecule has 0 atom stereocenters. The predicted octanol–water partition coefficient (Wildman–Crippen LogP) is 8.47. The van der Waals surface area contributed by atoms with Crippen molar-refractivity contribution in [3.63, 3.8) is 0 Å². The Balaban J connectivity index is 1.47. The Morgan fingerprint density at radius 1 is 0.839 bits per heavy atom. The monoisotopic (exact) mass is 428 g/mol. The van der Waals surface area contributed by atoms with Gasteiger partial charge in [0.15, 0.2) is 0 Å². The second-order valence-corrected chi connectivity index (χ2v) is 8.84. The average Bonchev–Trinajstić information content (AvgIpc) is 2.78. The maximum atomic E-state index is 15.1. The minimum absolute atomic E-state index is 0.217. The molecule has 164 valence electrons. The van der Waals surface area contributed by atoms with Gasteiger partial charge >= 0.3 is 6.18 Å². The van der Waals surface area contributed by atoms with E-state index in [1.165, 1.54) is 49.8 Å². The molecule has 4 heteroatoms. The van der Waals surface area contributed by atoms with Crippen LogP contribution in [0.1, 0.15) is 67.2 Å². The molecule has 1 saturated carbocycles. The van der Waals surface area contributed by atoms with E-state index in [0.29, 0.717) is 29.7 Å². The van der Waals surface area contributed by atoms with Gasteiger partial charge in [-0.3, -0.25) is 0 Å². The van der Waals surface area contributed by atoms with Crippen molar-refractivity contribution in [2.45, 2.75) is 64.0 Å². The molecule has 0 unspecified atom stereocenters. The first-order valence-corrected chi connectivity index (χ1v) is 11.2. The largest absolute Gasteiger partial charge is 0.416 e. The number of hydrogen-bond acceptors (Lipinski definition) is 0. The number of rotatable bonds is 5. The van der Waals surface area contributed by atoms with E-state index in [-0.39, 0.29) is 5.82 Å². The molecule has 0 aromatic heterocycles. The molecule has 0 amide bonds. The second-order valence-electron chi connectivity index (χ2n) is 8.84. The molecular weight excluding hydrogens is 400 g/mol. The van der Waals surface area contributed by atoms with Crippen LogP contribution in [0, 0.1) is 11.7 Å². The van der Waals surface area contributed by atoms with Crippen LogP contribution >= 0.6 is 0 Å². The fourth-order valence-electron chi connectivity index (χ4n) is 4.85. The van der Waals surface area contributed by atoms with Crippen molar-refractivity contribution >= 4 is 10.8 Å². The molecule has 1 fully saturated rings. The van der Waals surface area contributed by atoms with E-state index in [1.54, 1.807) is 0 Å². The third-order valence-corrected chi connectivity index (χ3v) is 6.92. The van der Waals surface area contributed by atoms with Crippen LogP contribution in [0.15, 0.2) is 54.6 Å². The zero-order chi connectivity index (χ0) is 22.0. The summed E-state index contributed by atoms with van der Waals surface area (Å²) in [6, 6.07) is 15.0. The van der Waals surface area contributed by atoms with Gasteiger partial charge in [0, 0.05) is 5.39 Å². The molecule has 1 aliphatic carbocycles. The normalized spacial score (nSPS) is 19.6. The molecule has 0 heterocycles. The van der Waals surface area contributed by atoms with Crippen LogP contribution in [0.2, 0.25) is 0 Å². The van der Waals surface area contributed by atoms with Crippen LogP contribution in [-0.4, -0.2) is 0 Å². The summed E-state index contributed by atoms with van der Waals surface area (Å²) in [6.07, 6.45) is 2.83. The Kier molecular flexibility index (Phi) is 6.36. The zero-order valence-electron chi connectivity index (χ0n) is 17.8. The molecule has 3 aromatic carbocycles. The summed E-state index contributed by atoms with van der Waals surface area (Å²) in [7, 11) is 0.